The van der Waals surface area contributed by atoms with Crippen LogP contribution >= 0.6 is 0 Å². The fourth-order valence-corrected chi connectivity index (χ4v) is 10.8. The fraction of sp³-hybridized carbons (Fsp3) is 0.913. The van der Waals surface area contributed by atoms with Crippen molar-refractivity contribution < 1.29 is 24.5 Å². The van der Waals surface area contributed by atoms with Gasteiger partial charge in [-0.3, -0.25) is 9.59 Å². The molecular weight excluding hydrogens is 923 g/mol. The Hall–Kier alpha value is -1.66. The van der Waals surface area contributed by atoms with Crippen molar-refractivity contribution in [3.8, 4) is 0 Å². The summed E-state index contributed by atoms with van der Waals surface area (Å²) in [5, 5.41) is 23.4. The van der Waals surface area contributed by atoms with Crippen LogP contribution in [0.4, 0.5) is 0 Å². The quantitative estimate of drug-likeness (QED) is 0.0320. The van der Waals surface area contributed by atoms with Crippen LogP contribution in [-0.4, -0.2) is 47.4 Å². The van der Waals surface area contributed by atoms with Crippen LogP contribution in [0.2, 0.25) is 0 Å². The number of ether oxygens (including phenoxy) is 1. The van der Waals surface area contributed by atoms with Crippen molar-refractivity contribution in [2.45, 2.75) is 392 Å². The molecule has 0 saturated heterocycles. The Morgan fingerprint density at radius 2 is 0.667 bits per heavy atom. The Balaban J connectivity index is 3.42. The first-order valence-electron chi connectivity index (χ1n) is 34.1. The van der Waals surface area contributed by atoms with Crippen molar-refractivity contribution in [3.05, 3.63) is 24.3 Å². The maximum Gasteiger partial charge on any atom is 0.305 e. The van der Waals surface area contributed by atoms with E-state index in [0.717, 1.165) is 57.8 Å². The molecule has 0 aliphatic carbocycles. The van der Waals surface area contributed by atoms with Crippen LogP contribution in [-0.2, 0) is 14.3 Å². The van der Waals surface area contributed by atoms with Crippen molar-refractivity contribution in [1.82, 2.24) is 5.32 Å². The molecule has 0 aromatic rings. The topological polar surface area (TPSA) is 95.9 Å². The Labute approximate surface area is 469 Å². The summed E-state index contributed by atoms with van der Waals surface area (Å²) in [6.07, 6.45) is 80.6. The van der Waals surface area contributed by atoms with Gasteiger partial charge in [-0.15, -0.1) is 0 Å². The van der Waals surface area contributed by atoms with Gasteiger partial charge < -0.3 is 20.3 Å². The molecule has 75 heavy (non-hydrogen) atoms. The second-order valence-electron chi connectivity index (χ2n) is 23.5. The third kappa shape index (κ3) is 61.4. The molecular formula is C69H133NO5. The number of hydrogen-bond donors (Lipinski definition) is 3. The molecule has 6 heteroatoms. The highest BCUT2D eigenvalue weighted by atomic mass is 16.5. The van der Waals surface area contributed by atoms with Gasteiger partial charge in [-0.05, 0) is 57.8 Å². The van der Waals surface area contributed by atoms with Crippen LogP contribution in [0, 0.1) is 0 Å². The maximum atomic E-state index is 12.5. The van der Waals surface area contributed by atoms with Gasteiger partial charge in [0.15, 0.2) is 0 Å². The van der Waals surface area contributed by atoms with Crippen LogP contribution in [0.5, 0.6) is 0 Å². The Morgan fingerprint density at radius 3 is 1.04 bits per heavy atom. The monoisotopic (exact) mass is 1060 g/mol. The number of hydrogen-bond acceptors (Lipinski definition) is 5. The number of aliphatic hydroxyl groups is 2. The van der Waals surface area contributed by atoms with E-state index in [0.29, 0.717) is 25.9 Å². The summed E-state index contributed by atoms with van der Waals surface area (Å²) in [4.78, 5) is 24.7. The predicted octanol–water partition coefficient (Wildman–Crippen LogP) is 21.8. The molecule has 6 nitrogen and oxygen atoms in total. The highest BCUT2D eigenvalue weighted by Crippen LogP contribution is 2.19. The lowest BCUT2D eigenvalue weighted by atomic mass is 10.0. The Kier molecular flexibility index (Phi) is 63.4. The molecule has 0 fully saturated rings. The number of rotatable bonds is 64. The average Bonchev–Trinajstić information content (AvgIpc) is 3.41. The standard InChI is InChI=1S/C69H133NO5/c1-3-5-7-9-11-13-15-17-19-21-23-24-25-26-27-28-30-31-33-37-41-45-49-53-57-61-67(72)66(65-71)70-68(73)62-58-54-50-46-42-38-35-36-40-44-48-52-56-60-64-75-69(74)63-59-55-51-47-43-39-34-32-29-22-20-18-16-14-12-10-8-6-4-2/h12,14,18,20,66-67,71-72H,3-11,13,15-17,19,21-65H2,1-2H3,(H,70,73)/b14-12-,20-18-. The normalized spacial score (nSPS) is 12.6. The number of carbonyl (C=O) groups is 2. The van der Waals surface area contributed by atoms with Gasteiger partial charge in [0.2, 0.25) is 5.91 Å². The molecule has 1 amide bonds. The number of esters is 1. The summed E-state index contributed by atoms with van der Waals surface area (Å²) in [6.45, 7) is 4.94. The highest BCUT2D eigenvalue weighted by molar-refractivity contribution is 5.76. The van der Waals surface area contributed by atoms with Crippen LogP contribution in [0.25, 0.3) is 0 Å². The van der Waals surface area contributed by atoms with E-state index < -0.39 is 12.1 Å². The van der Waals surface area contributed by atoms with Gasteiger partial charge in [0.25, 0.3) is 0 Å². The van der Waals surface area contributed by atoms with Gasteiger partial charge in [-0.25, -0.2) is 0 Å². The van der Waals surface area contributed by atoms with Crippen LogP contribution in [0.1, 0.15) is 380 Å². The smallest absolute Gasteiger partial charge is 0.305 e. The van der Waals surface area contributed by atoms with Crippen molar-refractivity contribution in [2.24, 2.45) is 0 Å². The molecule has 0 rings (SSSR count). The number of carbonyl (C=O) groups excluding carboxylic acids is 2. The van der Waals surface area contributed by atoms with Gasteiger partial charge >= 0.3 is 5.97 Å². The van der Waals surface area contributed by atoms with Gasteiger partial charge in [-0.2, -0.15) is 0 Å². The number of aliphatic hydroxyl groups excluding tert-OH is 2. The van der Waals surface area contributed by atoms with Crippen LogP contribution in [0.3, 0.4) is 0 Å². The molecule has 0 aliphatic heterocycles. The Morgan fingerprint density at radius 1 is 0.373 bits per heavy atom. The molecule has 3 N–H and O–H groups in total. The maximum absolute atomic E-state index is 12.5. The summed E-state index contributed by atoms with van der Waals surface area (Å²) in [5.41, 5.74) is 0. The fourth-order valence-electron chi connectivity index (χ4n) is 10.8. The second-order valence-corrected chi connectivity index (χ2v) is 23.5. The van der Waals surface area contributed by atoms with Gasteiger partial charge in [0, 0.05) is 12.8 Å². The van der Waals surface area contributed by atoms with Gasteiger partial charge in [-0.1, -0.05) is 334 Å². The third-order valence-electron chi connectivity index (χ3n) is 16.0. The van der Waals surface area contributed by atoms with Crippen molar-refractivity contribution >= 4 is 11.9 Å². The first-order valence-corrected chi connectivity index (χ1v) is 34.1. The number of amides is 1. The summed E-state index contributed by atoms with van der Waals surface area (Å²) in [5.74, 6) is -0.0456. The molecule has 2 atom stereocenters. The second kappa shape index (κ2) is 64.9. The molecule has 0 aromatic carbocycles. The highest BCUT2D eigenvalue weighted by Gasteiger charge is 2.20. The number of unbranched alkanes of at least 4 members (excludes halogenated alkanes) is 49. The summed E-state index contributed by atoms with van der Waals surface area (Å²) < 4.78 is 5.50. The minimum absolute atomic E-state index is 0.00451. The lowest BCUT2D eigenvalue weighted by Gasteiger charge is -2.22. The zero-order valence-corrected chi connectivity index (χ0v) is 50.8. The molecule has 0 bridgehead atoms. The molecule has 2 unspecified atom stereocenters. The lowest BCUT2D eigenvalue weighted by molar-refractivity contribution is -0.143. The van der Waals surface area contributed by atoms with E-state index in [1.54, 1.807) is 0 Å². The third-order valence-corrected chi connectivity index (χ3v) is 16.0. The molecule has 444 valence electrons. The molecule has 0 heterocycles. The van der Waals surface area contributed by atoms with Crippen LogP contribution in [0.15, 0.2) is 24.3 Å². The largest absolute Gasteiger partial charge is 0.466 e. The van der Waals surface area contributed by atoms with E-state index in [2.05, 4.69) is 43.5 Å². The minimum atomic E-state index is -0.673. The van der Waals surface area contributed by atoms with E-state index in [1.807, 2.05) is 0 Å². The Bertz CT molecular complexity index is 1170. The first-order chi connectivity index (χ1) is 37.0. The van der Waals surface area contributed by atoms with E-state index in [4.69, 9.17) is 4.74 Å². The van der Waals surface area contributed by atoms with Crippen molar-refractivity contribution in [1.29, 1.82) is 0 Å². The first kappa shape index (κ1) is 73.3. The lowest BCUT2D eigenvalue weighted by Crippen LogP contribution is -2.45. The zero-order chi connectivity index (χ0) is 54.3. The molecule has 0 radical (unpaired) electrons. The van der Waals surface area contributed by atoms with Gasteiger partial charge in [0.1, 0.15) is 0 Å². The summed E-state index contributed by atoms with van der Waals surface area (Å²) in [6, 6.07) is -0.551. The number of allylic oxidation sites excluding steroid dienone is 4. The molecule has 0 aliphatic rings. The molecule has 0 spiro atoms. The minimum Gasteiger partial charge on any atom is -0.466 e. The van der Waals surface area contributed by atoms with Gasteiger partial charge in [0.05, 0.1) is 25.4 Å². The van der Waals surface area contributed by atoms with E-state index in [-0.39, 0.29) is 18.5 Å². The van der Waals surface area contributed by atoms with E-state index in [1.165, 1.54) is 289 Å². The molecule has 0 aromatic heterocycles. The molecule has 0 saturated carbocycles. The SMILES string of the molecule is CCCCC/C=C\C/C=C\CCCCCCCCCCCC(=O)OCCCCCCCCCCCCCCCCC(=O)NC(CO)C(O)CCCCCCCCCCCCCCCCCCCCCCCCCCC. The van der Waals surface area contributed by atoms with E-state index in [9.17, 15) is 19.8 Å². The number of nitrogens with one attached hydrogen (secondary N) is 1. The zero-order valence-electron chi connectivity index (χ0n) is 50.8. The summed E-state index contributed by atoms with van der Waals surface area (Å²) >= 11 is 0. The van der Waals surface area contributed by atoms with Crippen LogP contribution < -0.4 is 5.32 Å². The summed E-state index contributed by atoms with van der Waals surface area (Å²) in [7, 11) is 0. The predicted molar refractivity (Wildman–Crippen MR) is 329 cm³/mol. The van der Waals surface area contributed by atoms with Crippen molar-refractivity contribution in [3.63, 3.8) is 0 Å². The van der Waals surface area contributed by atoms with E-state index >= 15 is 0 Å². The van der Waals surface area contributed by atoms with Crippen molar-refractivity contribution in [2.75, 3.05) is 13.2 Å². The average molecular weight is 1060 g/mol.